The van der Waals surface area contributed by atoms with Crippen LogP contribution in [0.15, 0.2) is 34.2 Å². The molecule has 194 valence electrons. The minimum atomic E-state index is -3.87. The van der Waals surface area contributed by atoms with Crippen molar-refractivity contribution >= 4 is 39.0 Å². The number of aryl methyl sites for hydroxylation is 1. The van der Waals surface area contributed by atoms with E-state index in [1.54, 1.807) is 6.92 Å². The largest absolute Gasteiger partial charge is 0.454 e. The first kappa shape index (κ1) is 26.2. The monoisotopic (exact) mass is 534 g/mol. The molecule has 0 bridgehead atoms. The second-order valence-electron chi connectivity index (χ2n) is 9.37. The van der Waals surface area contributed by atoms with Gasteiger partial charge in [0.2, 0.25) is 0 Å². The van der Waals surface area contributed by atoms with Crippen LogP contribution in [-0.2, 0) is 15.6 Å². The van der Waals surface area contributed by atoms with E-state index in [9.17, 15) is 13.2 Å². The van der Waals surface area contributed by atoms with Crippen molar-refractivity contribution in [2.75, 3.05) is 58.3 Å². The number of nitrogens with two attached hydrogens (primary N) is 2. The zero-order chi connectivity index (χ0) is 26.2. The summed E-state index contributed by atoms with van der Waals surface area (Å²) in [5.74, 6) is -1.01. The quantitative estimate of drug-likeness (QED) is 0.435. The van der Waals surface area contributed by atoms with Crippen LogP contribution < -0.4 is 21.1 Å². The molecule has 36 heavy (non-hydrogen) atoms. The van der Waals surface area contributed by atoms with Crippen LogP contribution in [-0.4, -0.2) is 83.4 Å². The van der Waals surface area contributed by atoms with Crippen LogP contribution in [0, 0.1) is 6.92 Å². The van der Waals surface area contributed by atoms with Gasteiger partial charge in [-0.1, -0.05) is 11.6 Å². The number of carbonyl (C=O) groups excluding carboxylic acids is 1. The number of fused-ring (bicyclic) bond motifs is 2. The topological polar surface area (TPSA) is 135 Å². The van der Waals surface area contributed by atoms with E-state index in [4.69, 9.17) is 27.8 Å². The third kappa shape index (κ3) is 5.59. The Morgan fingerprint density at radius 1 is 1.11 bits per heavy atom. The Kier molecular flexibility index (Phi) is 7.46. The zero-order valence-electron chi connectivity index (χ0n) is 20.6. The maximum atomic E-state index is 13.4. The molecule has 0 saturated carbocycles. The molecule has 4 rings (SSSR count). The smallest absolute Gasteiger partial charge is 0.280 e. The van der Waals surface area contributed by atoms with Crippen molar-refractivity contribution < 1.29 is 17.9 Å². The number of carbonyl (C=O) groups is 1. The maximum absolute atomic E-state index is 13.4. The molecule has 10 nitrogen and oxygen atoms in total. The predicted molar refractivity (Wildman–Crippen MR) is 141 cm³/mol. The van der Waals surface area contributed by atoms with Gasteiger partial charge in [0.15, 0.2) is 15.8 Å². The Morgan fingerprint density at radius 2 is 1.81 bits per heavy atom. The van der Waals surface area contributed by atoms with E-state index in [0.29, 0.717) is 21.9 Å². The van der Waals surface area contributed by atoms with E-state index in [-0.39, 0.29) is 22.0 Å². The van der Waals surface area contributed by atoms with Gasteiger partial charge in [-0.2, -0.15) is 4.99 Å². The number of sulfone groups is 1. The summed E-state index contributed by atoms with van der Waals surface area (Å²) in [6.07, 6.45) is 0. The number of hydrogen-bond acceptors (Lipinski definition) is 7. The van der Waals surface area contributed by atoms with Gasteiger partial charge in [-0.15, -0.1) is 0 Å². The van der Waals surface area contributed by atoms with Crippen LogP contribution in [0.5, 0.6) is 11.5 Å². The second kappa shape index (κ2) is 10.3. The van der Waals surface area contributed by atoms with Crippen molar-refractivity contribution in [2.24, 2.45) is 16.5 Å². The standard InChI is InChI=1S/C24H31ClN6O4S/c1-15-10-16(23(32)28-24(26)27)12-20-21(15)35-22-17(14-36(20,33)34)11-18(13-19(22)25)31-8-6-30(7-9-31)5-4-29(2)3/h10-13H,4-9,14H2,1-3H3,(H4,26,27,28,32). The van der Waals surface area contributed by atoms with Crippen LogP contribution >= 0.6 is 11.6 Å². The van der Waals surface area contributed by atoms with E-state index < -0.39 is 21.7 Å². The molecular formula is C24H31ClN6O4S. The fourth-order valence-corrected chi connectivity index (χ4v) is 6.25. The van der Waals surface area contributed by atoms with Gasteiger partial charge in [0.25, 0.3) is 5.91 Å². The SMILES string of the molecule is Cc1cc(C(=O)N=C(N)N)cc2c1Oc1c(Cl)cc(N3CCN(CCN(C)C)CC3)cc1CS2(=O)=O. The lowest BCUT2D eigenvalue weighted by molar-refractivity contribution is 0.100. The molecule has 0 aliphatic carbocycles. The number of anilines is 1. The molecule has 2 aliphatic rings. The molecule has 2 aliphatic heterocycles. The molecule has 1 fully saturated rings. The van der Waals surface area contributed by atoms with Crippen LogP contribution in [0.1, 0.15) is 21.5 Å². The minimum Gasteiger partial charge on any atom is -0.454 e. The van der Waals surface area contributed by atoms with E-state index in [1.807, 2.05) is 12.1 Å². The van der Waals surface area contributed by atoms with Crippen LogP contribution in [0.25, 0.3) is 0 Å². The van der Waals surface area contributed by atoms with E-state index in [1.165, 1.54) is 12.1 Å². The summed E-state index contributed by atoms with van der Waals surface area (Å²) in [4.78, 5) is 22.6. The Hall–Kier alpha value is -2.86. The summed E-state index contributed by atoms with van der Waals surface area (Å²) in [5.41, 5.74) is 12.5. The summed E-state index contributed by atoms with van der Waals surface area (Å²) >= 11 is 6.64. The summed E-state index contributed by atoms with van der Waals surface area (Å²) in [5, 5.41) is 0.334. The van der Waals surface area contributed by atoms with Crippen molar-refractivity contribution in [2.45, 2.75) is 17.6 Å². The summed E-state index contributed by atoms with van der Waals surface area (Å²) in [6, 6.07) is 6.40. The molecule has 0 unspecified atom stereocenters. The Labute approximate surface area is 216 Å². The first-order chi connectivity index (χ1) is 16.9. The number of halogens is 1. The molecule has 2 aromatic rings. The number of hydrogen-bond donors (Lipinski definition) is 2. The average Bonchev–Trinajstić information content (AvgIpc) is 2.91. The number of benzene rings is 2. The van der Waals surface area contributed by atoms with E-state index in [2.05, 4.69) is 33.8 Å². The third-order valence-corrected chi connectivity index (χ3v) is 8.25. The van der Waals surface area contributed by atoms with Crippen LogP contribution in [0.3, 0.4) is 0 Å². The first-order valence-electron chi connectivity index (χ1n) is 11.6. The van der Waals surface area contributed by atoms with Crippen LogP contribution in [0.4, 0.5) is 5.69 Å². The predicted octanol–water partition coefficient (Wildman–Crippen LogP) is 1.83. The summed E-state index contributed by atoms with van der Waals surface area (Å²) < 4.78 is 33.0. The van der Waals surface area contributed by atoms with Crippen molar-refractivity contribution in [1.29, 1.82) is 0 Å². The highest BCUT2D eigenvalue weighted by Gasteiger charge is 2.32. The Balaban J connectivity index is 1.64. The third-order valence-electron chi connectivity index (χ3n) is 6.31. The first-order valence-corrected chi connectivity index (χ1v) is 13.6. The summed E-state index contributed by atoms with van der Waals surface area (Å²) in [6.45, 7) is 7.10. The molecule has 0 aromatic heterocycles. The molecule has 12 heteroatoms. The van der Waals surface area contributed by atoms with Gasteiger partial charge in [-0.25, -0.2) is 8.42 Å². The molecule has 1 amide bonds. The van der Waals surface area contributed by atoms with Crippen molar-refractivity contribution in [1.82, 2.24) is 9.80 Å². The fraction of sp³-hybridized carbons (Fsp3) is 0.417. The van der Waals surface area contributed by atoms with Crippen LogP contribution in [0.2, 0.25) is 5.02 Å². The normalized spacial score (nSPS) is 17.1. The second-order valence-corrected chi connectivity index (χ2v) is 11.7. The number of aliphatic imine (C=N–C) groups is 1. The molecule has 4 N–H and O–H groups in total. The molecule has 0 spiro atoms. The van der Waals surface area contributed by atoms with Gasteiger partial charge in [0.1, 0.15) is 16.4 Å². The lowest BCUT2D eigenvalue weighted by Crippen LogP contribution is -2.48. The van der Waals surface area contributed by atoms with Crippen molar-refractivity contribution in [3.8, 4) is 11.5 Å². The van der Waals surface area contributed by atoms with E-state index >= 15 is 0 Å². The Bertz CT molecular complexity index is 1320. The number of guanidine groups is 1. The van der Waals surface area contributed by atoms with E-state index in [0.717, 1.165) is 45.0 Å². The van der Waals surface area contributed by atoms with Gasteiger partial charge in [-0.3, -0.25) is 9.69 Å². The number of amides is 1. The number of ether oxygens (including phenoxy) is 1. The molecule has 2 heterocycles. The number of likely N-dealkylation sites (N-methyl/N-ethyl adjacent to an activating group) is 1. The number of nitrogens with zero attached hydrogens (tertiary/aromatic N) is 4. The van der Waals surface area contributed by atoms with Crippen molar-refractivity contribution in [3.05, 3.63) is 46.0 Å². The zero-order valence-corrected chi connectivity index (χ0v) is 22.2. The summed E-state index contributed by atoms with van der Waals surface area (Å²) in [7, 11) is 0.258. The highest BCUT2D eigenvalue weighted by Crippen LogP contribution is 2.45. The molecule has 2 aromatic carbocycles. The molecule has 0 atom stereocenters. The fourth-order valence-electron chi connectivity index (χ4n) is 4.40. The molecule has 1 saturated heterocycles. The van der Waals surface area contributed by atoms with Gasteiger partial charge < -0.3 is 26.0 Å². The number of rotatable bonds is 5. The Morgan fingerprint density at radius 3 is 2.44 bits per heavy atom. The van der Waals surface area contributed by atoms with Gasteiger partial charge >= 0.3 is 0 Å². The average molecular weight is 535 g/mol. The van der Waals surface area contributed by atoms with Crippen molar-refractivity contribution in [3.63, 3.8) is 0 Å². The minimum absolute atomic E-state index is 0.0525. The maximum Gasteiger partial charge on any atom is 0.280 e. The molecular weight excluding hydrogens is 504 g/mol. The van der Waals surface area contributed by atoms with Gasteiger partial charge in [0, 0.05) is 56.1 Å². The highest BCUT2D eigenvalue weighted by atomic mass is 35.5. The highest BCUT2D eigenvalue weighted by molar-refractivity contribution is 7.90. The lowest BCUT2D eigenvalue weighted by Gasteiger charge is -2.36. The van der Waals surface area contributed by atoms with Gasteiger partial charge in [-0.05, 0) is 50.8 Å². The number of piperazine rings is 1. The lowest BCUT2D eigenvalue weighted by atomic mass is 10.1. The molecule has 0 radical (unpaired) electrons. The van der Waals surface area contributed by atoms with Gasteiger partial charge in [0.05, 0.1) is 10.8 Å².